The second-order valence-corrected chi connectivity index (χ2v) is 6.65. The van der Waals surface area contributed by atoms with E-state index in [-0.39, 0.29) is 6.61 Å². The summed E-state index contributed by atoms with van der Waals surface area (Å²) in [6, 6.07) is 13.5. The molecule has 2 aromatic rings. The molecule has 20 heavy (non-hydrogen) atoms. The molecule has 0 fully saturated rings. The van der Waals surface area contributed by atoms with Gasteiger partial charge in [-0.15, -0.1) is 11.3 Å². The fourth-order valence-corrected chi connectivity index (χ4v) is 3.77. The number of fused-ring (bicyclic) bond motifs is 1. The number of thiophene rings is 1. The largest absolute Gasteiger partial charge is 0.396 e. The van der Waals surface area contributed by atoms with Crippen LogP contribution in [0.15, 0.2) is 41.8 Å². The average Bonchev–Trinajstić information content (AvgIpc) is 3.12. The van der Waals surface area contributed by atoms with Crippen molar-refractivity contribution in [1.29, 1.82) is 0 Å². The van der Waals surface area contributed by atoms with Crippen LogP contribution in [0.1, 0.15) is 16.0 Å². The zero-order chi connectivity index (χ0) is 13.8. The summed E-state index contributed by atoms with van der Waals surface area (Å²) in [6.45, 7) is 1.15. The molecule has 0 bridgehead atoms. The molecule has 1 aromatic carbocycles. The first kappa shape index (κ1) is 13.8. The van der Waals surface area contributed by atoms with Crippen LogP contribution < -0.4 is 5.32 Å². The third-order valence-corrected chi connectivity index (χ3v) is 4.97. The molecule has 1 aliphatic carbocycles. The van der Waals surface area contributed by atoms with Gasteiger partial charge in [0.1, 0.15) is 0 Å². The number of aliphatic hydroxyl groups is 1. The van der Waals surface area contributed by atoms with Gasteiger partial charge in [-0.25, -0.2) is 0 Å². The van der Waals surface area contributed by atoms with Crippen LogP contribution in [-0.2, 0) is 19.3 Å². The van der Waals surface area contributed by atoms with Crippen LogP contribution in [0.2, 0.25) is 0 Å². The van der Waals surface area contributed by atoms with E-state index in [9.17, 15) is 5.11 Å². The summed E-state index contributed by atoms with van der Waals surface area (Å²) in [7, 11) is 0. The molecule has 0 saturated heterocycles. The van der Waals surface area contributed by atoms with Crippen molar-refractivity contribution in [3.8, 4) is 0 Å². The molecule has 0 aliphatic heterocycles. The molecular weight excluding hydrogens is 266 g/mol. The van der Waals surface area contributed by atoms with Gasteiger partial charge in [-0.2, -0.15) is 0 Å². The Balaban J connectivity index is 1.50. The first-order valence-electron chi connectivity index (χ1n) is 7.28. The summed E-state index contributed by atoms with van der Waals surface area (Å²) in [5.74, 6) is 0.317. The normalized spacial score (nSPS) is 16.2. The maximum Gasteiger partial charge on any atom is 0.0474 e. The van der Waals surface area contributed by atoms with Crippen molar-refractivity contribution in [3.63, 3.8) is 0 Å². The quantitative estimate of drug-likeness (QED) is 0.856. The highest BCUT2D eigenvalue weighted by Crippen LogP contribution is 2.22. The van der Waals surface area contributed by atoms with Crippen molar-refractivity contribution >= 4 is 11.3 Å². The van der Waals surface area contributed by atoms with Gasteiger partial charge in [0.15, 0.2) is 0 Å². The number of rotatable bonds is 6. The van der Waals surface area contributed by atoms with Gasteiger partial charge in [0, 0.05) is 24.1 Å². The Kier molecular flexibility index (Phi) is 4.51. The minimum Gasteiger partial charge on any atom is -0.396 e. The molecule has 3 rings (SSSR count). The van der Waals surface area contributed by atoms with E-state index in [2.05, 4.69) is 47.1 Å². The molecule has 1 aliphatic rings. The van der Waals surface area contributed by atoms with E-state index >= 15 is 0 Å². The van der Waals surface area contributed by atoms with Gasteiger partial charge in [0.05, 0.1) is 0 Å². The van der Waals surface area contributed by atoms with Gasteiger partial charge in [-0.3, -0.25) is 0 Å². The predicted octanol–water partition coefficient (Wildman–Crippen LogP) is 2.66. The van der Waals surface area contributed by atoms with Crippen LogP contribution in [0.25, 0.3) is 0 Å². The number of benzene rings is 1. The van der Waals surface area contributed by atoms with Gasteiger partial charge in [-0.1, -0.05) is 30.3 Å². The first-order valence-corrected chi connectivity index (χ1v) is 8.16. The minimum atomic E-state index is 0.255. The fourth-order valence-electron chi connectivity index (χ4n) is 2.95. The lowest BCUT2D eigenvalue weighted by Gasteiger charge is -2.18. The monoisotopic (exact) mass is 287 g/mol. The molecule has 2 N–H and O–H groups in total. The third-order valence-electron chi connectivity index (χ3n) is 4.07. The van der Waals surface area contributed by atoms with Crippen LogP contribution >= 0.6 is 11.3 Å². The molecule has 1 aromatic heterocycles. The molecule has 0 amide bonds. The molecular formula is C17H21NOS. The standard InChI is InChI=1S/C17H21NOS/c19-12-13(8-17-6-3-7-20-17)11-18-16-9-14-4-1-2-5-15(14)10-16/h1-7,13,16,18-19H,8-12H2. The zero-order valence-corrected chi connectivity index (χ0v) is 12.4. The van der Waals surface area contributed by atoms with E-state index in [1.54, 1.807) is 11.3 Å². The molecule has 106 valence electrons. The molecule has 1 unspecified atom stereocenters. The van der Waals surface area contributed by atoms with E-state index in [1.807, 2.05) is 0 Å². The fraction of sp³-hybridized carbons (Fsp3) is 0.412. The van der Waals surface area contributed by atoms with Crippen LogP contribution in [0.4, 0.5) is 0 Å². The zero-order valence-electron chi connectivity index (χ0n) is 11.6. The van der Waals surface area contributed by atoms with E-state index in [0.29, 0.717) is 12.0 Å². The van der Waals surface area contributed by atoms with E-state index < -0.39 is 0 Å². The van der Waals surface area contributed by atoms with E-state index in [1.165, 1.54) is 16.0 Å². The van der Waals surface area contributed by atoms with Crippen molar-refractivity contribution < 1.29 is 5.11 Å². The first-order chi connectivity index (χ1) is 9.85. The van der Waals surface area contributed by atoms with Gasteiger partial charge in [-0.05, 0) is 47.8 Å². The number of hydrogen-bond donors (Lipinski definition) is 2. The highest BCUT2D eigenvalue weighted by atomic mass is 32.1. The van der Waals surface area contributed by atoms with Crippen LogP contribution in [0, 0.1) is 5.92 Å². The average molecular weight is 287 g/mol. The van der Waals surface area contributed by atoms with Crippen molar-refractivity contribution in [2.45, 2.75) is 25.3 Å². The second kappa shape index (κ2) is 6.53. The molecule has 3 heteroatoms. The number of hydrogen-bond acceptors (Lipinski definition) is 3. The predicted molar refractivity (Wildman–Crippen MR) is 84.2 cm³/mol. The van der Waals surface area contributed by atoms with E-state index in [0.717, 1.165) is 25.8 Å². The van der Waals surface area contributed by atoms with Crippen molar-refractivity contribution in [2.24, 2.45) is 5.92 Å². The number of nitrogens with one attached hydrogen (secondary N) is 1. The Hall–Kier alpha value is -1.16. The molecule has 0 saturated carbocycles. The Labute approximate surface area is 124 Å². The lowest BCUT2D eigenvalue weighted by molar-refractivity contribution is 0.219. The lowest BCUT2D eigenvalue weighted by Crippen LogP contribution is -2.35. The van der Waals surface area contributed by atoms with E-state index in [4.69, 9.17) is 0 Å². The molecule has 0 spiro atoms. The molecule has 0 radical (unpaired) electrons. The lowest BCUT2D eigenvalue weighted by atomic mass is 10.0. The van der Waals surface area contributed by atoms with Crippen molar-refractivity contribution in [1.82, 2.24) is 5.32 Å². The highest BCUT2D eigenvalue weighted by molar-refractivity contribution is 7.09. The Bertz CT molecular complexity index is 508. The second-order valence-electron chi connectivity index (χ2n) is 5.61. The Morgan fingerprint density at radius 3 is 2.50 bits per heavy atom. The van der Waals surface area contributed by atoms with Gasteiger partial charge >= 0.3 is 0 Å². The number of aliphatic hydroxyl groups excluding tert-OH is 1. The van der Waals surface area contributed by atoms with Crippen molar-refractivity contribution in [2.75, 3.05) is 13.2 Å². The van der Waals surface area contributed by atoms with Gasteiger partial charge < -0.3 is 10.4 Å². The Morgan fingerprint density at radius 2 is 1.90 bits per heavy atom. The molecule has 1 heterocycles. The van der Waals surface area contributed by atoms with Crippen LogP contribution in [0.3, 0.4) is 0 Å². The minimum absolute atomic E-state index is 0.255. The summed E-state index contributed by atoms with van der Waals surface area (Å²) in [4.78, 5) is 1.36. The summed E-state index contributed by atoms with van der Waals surface area (Å²) >= 11 is 1.78. The highest BCUT2D eigenvalue weighted by Gasteiger charge is 2.21. The van der Waals surface area contributed by atoms with Gasteiger partial charge in [0.25, 0.3) is 0 Å². The molecule has 1 atom stereocenters. The third kappa shape index (κ3) is 3.29. The van der Waals surface area contributed by atoms with Crippen LogP contribution in [-0.4, -0.2) is 24.3 Å². The smallest absolute Gasteiger partial charge is 0.0474 e. The van der Waals surface area contributed by atoms with Gasteiger partial charge in [0.2, 0.25) is 0 Å². The molecule has 2 nitrogen and oxygen atoms in total. The van der Waals surface area contributed by atoms with Crippen LogP contribution in [0.5, 0.6) is 0 Å². The SMILES string of the molecule is OCC(CNC1Cc2ccccc2C1)Cc1cccs1. The summed E-state index contributed by atoms with van der Waals surface area (Å²) < 4.78 is 0. The Morgan fingerprint density at radius 1 is 1.15 bits per heavy atom. The van der Waals surface area contributed by atoms with Crippen molar-refractivity contribution in [3.05, 3.63) is 57.8 Å². The summed E-state index contributed by atoms with van der Waals surface area (Å²) in [6.07, 6.45) is 3.21. The maximum absolute atomic E-state index is 9.54. The maximum atomic E-state index is 9.54. The summed E-state index contributed by atoms with van der Waals surface area (Å²) in [5, 5.41) is 15.3. The topological polar surface area (TPSA) is 32.3 Å². The summed E-state index contributed by atoms with van der Waals surface area (Å²) in [5.41, 5.74) is 2.95.